The van der Waals surface area contributed by atoms with Gasteiger partial charge in [0.15, 0.2) is 0 Å². The van der Waals surface area contributed by atoms with Gasteiger partial charge >= 0.3 is 6.09 Å². The quantitative estimate of drug-likeness (QED) is 0.507. The Balaban J connectivity index is 2.14. The molecule has 178 valence electrons. The number of benzene rings is 2. The first-order valence-corrected chi connectivity index (χ1v) is 11.5. The molecule has 0 spiro atoms. The molecular weight excluding hydrogens is 479 g/mol. The van der Waals surface area contributed by atoms with Crippen LogP contribution in [0.4, 0.5) is 4.79 Å². The van der Waals surface area contributed by atoms with Gasteiger partial charge in [0.1, 0.15) is 5.82 Å². The molecule has 1 fully saturated rings. The molecule has 0 aliphatic heterocycles. The number of nitrogens with two attached hydrogens (primary N) is 1. The number of halogens is 2. The van der Waals surface area contributed by atoms with Crippen LogP contribution in [0.3, 0.4) is 0 Å². The Morgan fingerprint density at radius 1 is 1.18 bits per heavy atom. The van der Waals surface area contributed by atoms with Crippen LogP contribution >= 0.6 is 23.2 Å². The van der Waals surface area contributed by atoms with Crippen molar-refractivity contribution in [3.63, 3.8) is 0 Å². The monoisotopic (exact) mass is 502 g/mol. The van der Waals surface area contributed by atoms with E-state index in [4.69, 9.17) is 33.9 Å². The van der Waals surface area contributed by atoms with Gasteiger partial charge in [-0.1, -0.05) is 29.3 Å². The number of primary amides is 1. The van der Waals surface area contributed by atoms with E-state index in [0.29, 0.717) is 5.69 Å². The van der Waals surface area contributed by atoms with Crippen LogP contribution in [0.15, 0.2) is 41.2 Å². The molecule has 4 rings (SSSR count). The van der Waals surface area contributed by atoms with E-state index in [1.807, 2.05) is 0 Å². The molecule has 0 bridgehead atoms. The Labute approximate surface area is 205 Å². The van der Waals surface area contributed by atoms with Gasteiger partial charge < -0.3 is 10.8 Å². The van der Waals surface area contributed by atoms with E-state index in [-0.39, 0.29) is 38.3 Å². The Bertz CT molecular complexity index is 1380. The number of aromatic nitrogens is 2. The summed E-state index contributed by atoms with van der Waals surface area (Å²) in [7, 11) is 0. The van der Waals surface area contributed by atoms with Gasteiger partial charge in [-0.2, -0.15) is 0 Å². The number of nitrogens with zero attached hydrogens (tertiary/aromatic N) is 3. The van der Waals surface area contributed by atoms with Crippen LogP contribution < -0.4 is 11.3 Å². The first-order chi connectivity index (χ1) is 15.9. The zero-order valence-corrected chi connectivity index (χ0v) is 20.4. The molecule has 1 saturated carbocycles. The first-order valence-electron chi connectivity index (χ1n) is 10.7. The lowest BCUT2D eigenvalue weighted by Gasteiger charge is -2.40. The zero-order chi connectivity index (χ0) is 24.9. The van der Waals surface area contributed by atoms with Crippen molar-refractivity contribution >= 4 is 46.1 Å². The van der Waals surface area contributed by atoms with E-state index in [1.165, 1.54) is 27.7 Å². The maximum atomic E-state index is 13.9. The van der Waals surface area contributed by atoms with Crippen LogP contribution in [-0.4, -0.2) is 37.1 Å². The lowest BCUT2D eigenvalue weighted by atomic mass is 9.99. The molecule has 3 N–H and O–H groups in total. The lowest BCUT2D eigenvalue weighted by molar-refractivity contribution is 0.0582. The molecule has 2 amide bonds. The number of carboxylic acid groups (broad SMARTS) is 1. The molecule has 8 nitrogen and oxygen atoms in total. The van der Waals surface area contributed by atoms with Crippen molar-refractivity contribution in [1.82, 2.24) is 14.5 Å². The van der Waals surface area contributed by atoms with Crippen molar-refractivity contribution in [1.29, 1.82) is 0 Å². The molecular formula is C24H24Cl2N4O4. The van der Waals surface area contributed by atoms with Crippen LogP contribution in [0.5, 0.6) is 0 Å². The maximum absolute atomic E-state index is 13.9. The van der Waals surface area contributed by atoms with Gasteiger partial charge in [0, 0.05) is 11.1 Å². The molecule has 10 heteroatoms. The summed E-state index contributed by atoms with van der Waals surface area (Å²) in [6.45, 7) is 5.37. The summed E-state index contributed by atoms with van der Waals surface area (Å²) in [5.74, 6) is -0.488. The van der Waals surface area contributed by atoms with Crippen LogP contribution in [-0.2, 0) is 0 Å². The van der Waals surface area contributed by atoms with E-state index in [2.05, 4.69) is 0 Å². The van der Waals surface area contributed by atoms with Crippen molar-refractivity contribution in [2.75, 3.05) is 0 Å². The minimum absolute atomic E-state index is 0.0387. The third kappa shape index (κ3) is 4.23. The fraction of sp³-hybridized carbons (Fsp3) is 0.333. The molecule has 1 heterocycles. The van der Waals surface area contributed by atoms with Gasteiger partial charge in [-0.3, -0.25) is 19.1 Å². The molecule has 0 saturated heterocycles. The van der Waals surface area contributed by atoms with Gasteiger partial charge in [-0.15, -0.1) is 0 Å². The Hall–Kier alpha value is -3.10. The summed E-state index contributed by atoms with van der Waals surface area (Å²) < 4.78 is 1.32. The van der Waals surface area contributed by atoms with Crippen molar-refractivity contribution < 1.29 is 14.7 Å². The highest BCUT2D eigenvalue weighted by molar-refractivity contribution is 6.39. The molecule has 1 aromatic heterocycles. The lowest BCUT2D eigenvalue weighted by Crippen LogP contribution is -2.49. The molecule has 34 heavy (non-hydrogen) atoms. The second kappa shape index (κ2) is 8.60. The molecule has 1 unspecified atom stereocenters. The van der Waals surface area contributed by atoms with Crippen LogP contribution in [0.1, 0.15) is 55.8 Å². The van der Waals surface area contributed by atoms with Gasteiger partial charge in [0.05, 0.1) is 32.7 Å². The minimum atomic E-state index is -1.13. The largest absolute Gasteiger partial charge is 0.465 e. The summed E-state index contributed by atoms with van der Waals surface area (Å²) in [4.78, 5) is 44.3. The van der Waals surface area contributed by atoms with Gasteiger partial charge in [-0.05, 0) is 69.9 Å². The number of rotatable bonds is 5. The fourth-order valence-electron chi connectivity index (χ4n) is 4.25. The Morgan fingerprint density at radius 3 is 2.38 bits per heavy atom. The zero-order valence-electron chi connectivity index (χ0n) is 18.9. The van der Waals surface area contributed by atoms with Crippen molar-refractivity contribution in [2.45, 2.75) is 45.2 Å². The summed E-state index contributed by atoms with van der Waals surface area (Å²) in [5, 5.41) is 10.7. The summed E-state index contributed by atoms with van der Waals surface area (Å²) >= 11 is 12.8. The van der Waals surface area contributed by atoms with Crippen molar-refractivity contribution in [2.24, 2.45) is 11.7 Å². The molecule has 2 aromatic carbocycles. The maximum Gasteiger partial charge on any atom is 0.408 e. The smallest absolute Gasteiger partial charge is 0.408 e. The second-order valence-corrected chi connectivity index (χ2v) is 10.2. The average Bonchev–Trinajstić information content (AvgIpc) is 3.58. The molecule has 1 aliphatic carbocycles. The third-order valence-corrected chi connectivity index (χ3v) is 6.50. The highest BCUT2D eigenvalue weighted by Gasteiger charge is 2.45. The van der Waals surface area contributed by atoms with E-state index in [0.717, 1.165) is 12.8 Å². The topological polar surface area (TPSA) is 119 Å². The standard InChI is InChI=1S/C24H24Cl2N4O4/c1-24(2,3)30(23(33)34)19(12-7-8-12)21-28-18-16(26)10-9-15(25)17(18)22(32)29(21)14-6-4-5-13(11-14)20(27)31/h4-6,9-12,19H,7-8H2,1-3H3,(H2,27,31)(H,33,34). The number of hydrogen-bond acceptors (Lipinski definition) is 4. The number of carbonyl (C=O) groups is 2. The van der Waals surface area contributed by atoms with Gasteiger partial charge in [-0.25, -0.2) is 9.78 Å². The summed E-state index contributed by atoms with van der Waals surface area (Å²) in [6, 6.07) is 8.57. The molecule has 1 aliphatic rings. The predicted molar refractivity (Wildman–Crippen MR) is 131 cm³/mol. The summed E-state index contributed by atoms with van der Waals surface area (Å²) in [6.07, 6.45) is 0.430. The van der Waals surface area contributed by atoms with Crippen molar-refractivity contribution in [3.8, 4) is 5.69 Å². The van der Waals surface area contributed by atoms with Crippen LogP contribution in [0.25, 0.3) is 16.6 Å². The van der Waals surface area contributed by atoms with Crippen molar-refractivity contribution in [3.05, 3.63) is 68.2 Å². The van der Waals surface area contributed by atoms with Crippen LogP contribution in [0.2, 0.25) is 10.0 Å². The van der Waals surface area contributed by atoms with E-state index in [1.54, 1.807) is 39.0 Å². The Morgan fingerprint density at radius 2 is 1.82 bits per heavy atom. The highest BCUT2D eigenvalue weighted by Crippen LogP contribution is 2.47. The van der Waals surface area contributed by atoms with E-state index >= 15 is 0 Å². The predicted octanol–water partition coefficient (Wildman–Crippen LogP) is 5.02. The highest BCUT2D eigenvalue weighted by atomic mass is 35.5. The molecule has 3 aromatic rings. The number of hydrogen-bond donors (Lipinski definition) is 2. The third-order valence-electron chi connectivity index (χ3n) is 5.88. The second-order valence-electron chi connectivity index (χ2n) is 9.38. The van der Waals surface area contributed by atoms with E-state index < -0.39 is 29.1 Å². The fourth-order valence-corrected chi connectivity index (χ4v) is 4.69. The average molecular weight is 503 g/mol. The normalized spacial score (nSPS) is 14.7. The number of fused-ring (bicyclic) bond motifs is 1. The Kier molecular flexibility index (Phi) is 6.08. The molecule has 1 atom stereocenters. The van der Waals surface area contributed by atoms with Crippen LogP contribution in [0, 0.1) is 5.92 Å². The van der Waals surface area contributed by atoms with Gasteiger partial charge in [0.2, 0.25) is 5.91 Å². The number of carbonyl (C=O) groups excluding carboxylic acids is 1. The molecule has 0 radical (unpaired) electrons. The summed E-state index contributed by atoms with van der Waals surface area (Å²) in [5.41, 5.74) is 4.88. The first kappa shape index (κ1) is 24.0. The minimum Gasteiger partial charge on any atom is -0.465 e. The number of amides is 2. The van der Waals surface area contributed by atoms with E-state index in [9.17, 15) is 19.5 Å². The SMILES string of the molecule is CC(C)(C)N(C(=O)O)C(c1nc2c(Cl)ccc(Cl)c2c(=O)n1-c1cccc(C(N)=O)c1)C1CC1. The van der Waals surface area contributed by atoms with Gasteiger partial charge in [0.25, 0.3) is 5.56 Å².